The van der Waals surface area contributed by atoms with Gasteiger partial charge in [0, 0.05) is 29.0 Å². The van der Waals surface area contributed by atoms with Crippen LogP contribution in [0.15, 0.2) is 18.2 Å². The van der Waals surface area contributed by atoms with Gasteiger partial charge in [0.25, 0.3) is 0 Å². The third kappa shape index (κ3) is 2.00. The fourth-order valence-corrected chi connectivity index (χ4v) is 3.75. The molecule has 1 saturated carbocycles. The molecule has 1 heterocycles. The summed E-state index contributed by atoms with van der Waals surface area (Å²) >= 11 is 6.08. The Bertz CT molecular complexity index is 489. The zero-order valence-electron chi connectivity index (χ0n) is 11.6. The molecule has 3 atom stereocenters. The van der Waals surface area contributed by atoms with E-state index in [0.29, 0.717) is 18.1 Å². The van der Waals surface area contributed by atoms with Crippen molar-refractivity contribution >= 4 is 17.3 Å². The molecule has 0 amide bonds. The number of halogens is 1. The number of rotatable bonds is 3. The van der Waals surface area contributed by atoms with Crippen molar-refractivity contribution in [2.45, 2.75) is 32.4 Å². The van der Waals surface area contributed by atoms with Gasteiger partial charge in [0.1, 0.15) is 5.75 Å². The van der Waals surface area contributed by atoms with E-state index in [2.05, 4.69) is 19.2 Å². The molecule has 0 radical (unpaired) electrons. The Labute approximate surface area is 119 Å². The summed E-state index contributed by atoms with van der Waals surface area (Å²) in [5, 5.41) is 4.33. The van der Waals surface area contributed by atoms with Crippen LogP contribution in [-0.2, 0) is 4.74 Å². The number of methoxy groups -OCH3 is 1. The third-order valence-corrected chi connectivity index (χ3v) is 4.81. The van der Waals surface area contributed by atoms with Gasteiger partial charge in [0.2, 0.25) is 0 Å². The lowest BCUT2D eigenvalue weighted by Crippen LogP contribution is -2.63. The topological polar surface area (TPSA) is 30.5 Å². The van der Waals surface area contributed by atoms with Crippen LogP contribution in [0.4, 0.5) is 5.69 Å². The molecule has 3 rings (SSSR count). The lowest BCUT2D eigenvalue weighted by molar-refractivity contribution is -0.0923. The number of ether oxygens (including phenoxy) is 2. The first-order chi connectivity index (χ1) is 9.04. The second-order valence-electron chi connectivity index (χ2n) is 6.03. The Balaban J connectivity index is 1.84. The third-order valence-electron chi connectivity index (χ3n) is 4.57. The lowest BCUT2D eigenvalue weighted by Gasteiger charge is -2.55. The maximum atomic E-state index is 6.08. The van der Waals surface area contributed by atoms with Gasteiger partial charge in [-0.3, -0.25) is 0 Å². The van der Waals surface area contributed by atoms with Crippen LogP contribution in [0, 0.1) is 11.3 Å². The first kappa shape index (κ1) is 13.1. The lowest BCUT2D eigenvalue weighted by atomic mass is 9.57. The van der Waals surface area contributed by atoms with Crippen molar-refractivity contribution in [3.63, 3.8) is 0 Å². The second-order valence-corrected chi connectivity index (χ2v) is 6.47. The molecule has 19 heavy (non-hydrogen) atoms. The van der Waals surface area contributed by atoms with E-state index in [4.69, 9.17) is 21.1 Å². The molecule has 0 aromatic heterocycles. The monoisotopic (exact) mass is 281 g/mol. The summed E-state index contributed by atoms with van der Waals surface area (Å²) in [6, 6.07) is 6.09. The van der Waals surface area contributed by atoms with E-state index in [1.165, 1.54) is 0 Å². The Hall–Kier alpha value is -0.930. The van der Waals surface area contributed by atoms with Crippen molar-refractivity contribution in [3.05, 3.63) is 23.2 Å². The smallest absolute Gasteiger partial charge is 0.142 e. The number of benzene rings is 1. The molecule has 1 aromatic rings. The van der Waals surface area contributed by atoms with Crippen molar-refractivity contribution < 1.29 is 9.47 Å². The number of nitrogens with one attached hydrogen (secondary N) is 1. The van der Waals surface area contributed by atoms with Crippen molar-refractivity contribution in [3.8, 4) is 5.75 Å². The Morgan fingerprint density at radius 2 is 2.21 bits per heavy atom. The SMILES string of the molecule is COc1ccc(Cl)cc1NC1C2CCOC2C1(C)C. The molecule has 1 N–H and O–H groups in total. The van der Waals surface area contributed by atoms with Crippen molar-refractivity contribution in [2.75, 3.05) is 19.0 Å². The first-order valence-corrected chi connectivity index (χ1v) is 7.13. The van der Waals surface area contributed by atoms with Gasteiger partial charge in [0.05, 0.1) is 18.9 Å². The van der Waals surface area contributed by atoms with Crippen LogP contribution < -0.4 is 10.1 Å². The Morgan fingerprint density at radius 1 is 1.42 bits per heavy atom. The predicted molar refractivity (Wildman–Crippen MR) is 77.0 cm³/mol. The minimum absolute atomic E-state index is 0.147. The average molecular weight is 282 g/mol. The molecule has 1 aromatic carbocycles. The standard InChI is InChI=1S/C15H20ClNO2/c1-15(2)13(10-6-7-19-14(10)15)17-11-8-9(16)4-5-12(11)18-3/h4-5,8,10,13-14,17H,6-7H2,1-3H3. The van der Waals surface area contributed by atoms with Gasteiger partial charge >= 0.3 is 0 Å². The summed E-state index contributed by atoms with van der Waals surface area (Å²) < 4.78 is 11.2. The maximum absolute atomic E-state index is 6.08. The molecule has 3 unspecified atom stereocenters. The molecule has 0 spiro atoms. The predicted octanol–water partition coefficient (Wildman–Crippen LogP) is 3.57. The summed E-state index contributed by atoms with van der Waals surface area (Å²) in [5.41, 5.74) is 1.12. The normalized spacial score (nSPS) is 31.5. The number of hydrogen-bond donors (Lipinski definition) is 1. The molecule has 1 aliphatic carbocycles. The zero-order chi connectivity index (χ0) is 13.6. The van der Waals surface area contributed by atoms with Crippen LogP contribution in [0.1, 0.15) is 20.3 Å². The number of anilines is 1. The molecule has 1 saturated heterocycles. The van der Waals surface area contributed by atoms with E-state index in [0.717, 1.165) is 29.5 Å². The van der Waals surface area contributed by atoms with Crippen molar-refractivity contribution in [2.24, 2.45) is 11.3 Å². The molecule has 1 aliphatic heterocycles. The maximum Gasteiger partial charge on any atom is 0.142 e. The van der Waals surface area contributed by atoms with Crippen LogP contribution in [0.3, 0.4) is 0 Å². The molecule has 104 valence electrons. The fraction of sp³-hybridized carbons (Fsp3) is 0.600. The van der Waals surface area contributed by atoms with Crippen molar-refractivity contribution in [1.29, 1.82) is 0 Å². The van der Waals surface area contributed by atoms with Crippen LogP contribution in [-0.4, -0.2) is 25.9 Å². The van der Waals surface area contributed by atoms with Gasteiger partial charge in [-0.05, 0) is 24.6 Å². The van der Waals surface area contributed by atoms with E-state index in [9.17, 15) is 0 Å². The Kier molecular flexibility index (Phi) is 3.14. The molecular weight excluding hydrogens is 262 g/mol. The highest BCUT2D eigenvalue weighted by Gasteiger charge is 2.59. The first-order valence-electron chi connectivity index (χ1n) is 6.75. The molecule has 4 heteroatoms. The largest absolute Gasteiger partial charge is 0.495 e. The van der Waals surface area contributed by atoms with E-state index in [1.807, 2.05) is 18.2 Å². The van der Waals surface area contributed by atoms with Crippen LogP contribution in [0.5, 0.6) is 5.75 Å². The van der Waals surface area contributed by atoms with E-state index >= 15 is 0 Å². The van der Waals surface area contributed by atoms with Crippen LogP contribution in [0.25, 0.3) is 0 Å². The summed E-state index contributed by atoms with van der Waals surface area (Å²) in [5.74, 6) is 1.43. The molecule has 2 aliphatic rings. The highest BCUT2D eigenvalue weighted by molar-refractivity contribution is 6.30. The average Bonchev–Trinajstić information content (AvgIpc) is 2.83. The minimum Gasteiger partial charge on any atom is -0.495 e. The molecule has 0 bridgehead atoms. The molecular formula is C15H20ClNO2. The Morgan fingerprint density at radius 3 is 2.95 bits per heavy atom. The summed E-state index contributed by atoms with van der Waals surface area (Å²) in [4.78, 5) is 0. The zero-order valence-corrected chi connectivity index (χ0v) is 12.3. The molecule has 3 nitrogen and oxygen atoms in total. The second kappa shape index (κ2) is 4.57. The van der Waals surface area contributed by atoms with Crippen LogP contribution in [0.2, 0.25) is 5.02 Å². The molecule has 2 fully saturated rings. The van der Waals surface area contributed by atoms with Gasteiger partial charge in [-0.1, -0.05) is 25.4 Å². The summed E-state index contributed by atoms with van der Waals surface area (Å²) in [6.07, 6.45) is 1.52. The van der Waals surface area contributed by atoms with Gasteiger partial charge in [0.15, 0.2) is 0 Å². The highest BCUT2D eigenvalue weighted by atomic mass is 35.5. The number of fused-ring (bicyclic) bond motifs is 1. The highest BCUT2D eigenvalue weighted by Crippen LogP contribution is 2.53. The van der Waals surface area contributed by atoms with Gasteiger partial charge < -0.3 is 14.8 Å². The van der Waals surface area contributed by atoms with E-state index in [1.54, 1.807) is 7.11 Å². The fourth-order valence-electron chi connectivity index (χ4n) is 3.58. The summed E-state index contributed by atoms with van der Waals surface area (Å²) in [6.45, 7) is 5.39. The van der Waals surface area contributed by atoms with Gasteiger partial charge in [-0.25, -0.2) is 0 Å². The van der Waals surface area contributed by atoms with Crippen molar-refractivity contribution in [1.82, 2.24) is 0 Å². The van der Waals surface area contributed by atoms with Gasteiger partial charge in [-0.2, -0.15) is 0 Å². The van der Waals surface area contributed by atoms with Gasteiger partial charge in [-0.15, -0.1) is 0 Å². The quantitative estimate of drug-likeness (QED) is 0.919. The number of hydrogen-bond acceptors (Lipinski definition) is 3. The van der Waals surface area contributed by atoms with Crippen LogP contribution >= 0.6 is 11.6 Å². The van der Waals surface area contributed by atoms with E-state index < -0.39 is 0 Å². The minimum atomic E-state index is 0.147. The van der Waals surface area contributed by atoms with E-state index in [-0.39, 0.29) is 5.41 Å². The summed E-state index contributed by atoms with van der Waals surface area (Å²) in [7, 11) is 1.68.